The molecule has 24 heavy (non-hydrogen) atoms. The van der Waals surface area contributed by atoms with E-state index in [1.807, 2.05) is 24.3 Å². The number of rotatable bonds is 2. The minimum Gasteiger partial charge on any atom is -0.378 e. The summed E-state index contributed by atoms with van der Waals surface area (Å²) in [6.45, 7) is 2.78. The van der Waals surface area contributed by atoms with E-state index in [4.69, 9.17) is 16.3 Å². The molecule has 1 aliphatic heterocycles. The Morgan fingerprint density at radius 3 is 2.58 bits per heavy atom. The van der Waals surface area contributed by atoms with Gasteiger partial charge < -0.3 is 9.64 Å². The van der Waals surface area contributed by atoms with Crippen molar-refractivity contribution in [3.05, 3.63) is 53.3 Å². The molecule has 2 heterocycles. The summed E-state index contributed by atoms with van der Waals surface area (Å²) in [4.78, 5) is 11.3. The molecule has 4 nitrogen and oxygen atoms in total. The number of fused-ring (bicyclic) bond motifs is 1. The SMILES string of the molecule is Fc1cccc(Cl)c1-c1nc(N2CCOCC2)c2ccccc2n1. The van der Waals surface area contributed by atoms with Crippen LogP contribution in [0.15, 0.2) is 42.5 Å². The van der Waals surface area contributed by atoms with E-state index in [1.165, 1.54) is 6.07 Å². The topological polar surface area (TPSA) is 38.2 Å². The highest BCUT2D eigenvalue weighted by atomic mass is 35.5. The Morgan fingerprint density at radius 2 is 1.79 bits per heavy atom. The highest BCUT2D eigenvalue weighted by molar-refractivity contribution is 6.33. The van der Waals surface area contributed by atoms with Gasteiger partial charge in [0, 0.05) is 18.5 Å². The molecule has 122 valence electrons. The van der Waals surface area contributed by atoms with Crippen molar-refractivity contribution < 1.29 is 9.13 Å². The predicted octanol–water partition coefficient (Wildman–Crippen LogP) is 3.93. The number of hydrogen-bond donors (Lipinski definition) is 0. The van der Waals surface area contributed by atoms with Gasteiger partial charge in [0.05, 0.1) is 29.3 Å². The van der Waals surface area contributed by atoms with Crippen LogP contribution in [0.4, 0.5) is 10.2 Å². The molecule has 1 aliphatic rings. The average Bonchev–Trinajstić information content (AvgIpc) is 2.62. The predicted molar refractivity (Wildman–Crippen MR) is 93.0 cm³/mol. The maximum Gasteiger partial charge on any atom is 0.166 e. The smallest absolute Gasteiger partial charge is 0.166 e. The van der Waals surface area contributed by atoms with E-state index in [9.17, 15) is 4.39 Å². The van der Waals surface area contributed by atoms with E-state index in [2.05, 4.69) is 14.9 Å². The van der Waals surface area contributed by atoms with Gasteiger partial charge in [0.15, 0.2) is 5.82 Å². The van der Waals surface area contributed by atoms with Gasteiger partial charge in [0.25, 0.3) is 0 Å². The summed E-state index contributed by atoms with van der Waals surface area (Å²) in [6.07, 6.45) is 0. The molecule has 0 radical (unpaired) electrons. The van der Waals surface area contributed by atoms with Crippen LogP contribution in [0, 0.1) is 5.82 Å². The molecule has 0 unspecified atom stereocenters. The molecular weight excluding hydrogens is 329 g/mol. The minimum absolute atomic E-state index is 0.236. The normalized spacial score (nSPS) is 15.0. The zero-order valence-electron chi connectivity index (χ0n) is 12.9. The van der Waals surface area contributed by atoms with Crippen LogP contribution in [0.1, 0.15) is 0 Å². The quantitative estimate of drug-likeness (QED) is 0.706. The fourth-order valence-corrected chi connectivity index (χ4v) is 3.15. The molecule has 0 atom stereocenters. The summed E-state index contributed by atoms with van der Waals surface area (Å²) < 4.78 is 19.7. The summed E-state index contributed by atoms with van der Waals surface area (Å²) in [7, 11) is 0. The molecule has 6 heteroatoms. The fraction of sp³-hybridized carbons (Fsp3) is 0.222. The first-order valence-corrected chi connectivity index (χ1v) is 8.16. The zero-order valence-corrected chi connectivity index (χ0v) is 13.6. The molecule has 1 saturated heterocycles. The van der Waals surface area contributed by atoms with Crippen LogP contribution in [0.5, 0.6) is 0 Å². The molecule has 0 bridgehead atoms. The summed E-state index contributed by atoms with van der Waals surface area (Å²) >= 11 is 6.20. The lowest BCUT2D eigenvalue weighted by Gasteiger charge is -2.29. The molecule has 3 aromatic rings. The highest BCUT2D eigenvalue weighted by Crippen LogP contribution is 2.32. The summed E-state index contributed by atoms with van der Waals surface area (Å²) in [6, 6.07) is 12.3. The monoisotopic (exact) mass is 343 g/mol. The van der Waals surface area contributed by atoms with E-state index < -0.39 is 5.82 Å². The lowest BCUT2D eigenvalue weighted by atomic mass is 10.1. The third-order valence-corrected chi connectivity index (χ3v) is 4.40. The van der Waals surface area contributed by atoms with Crippen LogP contribution < -0.4 is 4.90 Å². The van der Waals surface area contributed by atoms with Gasteiger partial charge in [0.2, 0.25) is 0 Å². The maximum atomic E-state index is 14.3. The van der Waals surface area contributed by atoms with Gasteiger partial charge in [-0.25, -0.2) is 14.4 Å². The molecule has 0 spiro atoms. The van der Waals surface area contributed by atoms with Crippen LogP contribution in [0.3, 0.4) is 0 Å². The number of nitrogens with zero attached hydrogens (tertiary/aromatic N) is 3. The van der Waals surface area contributed by atoms with Crippen LogP contribution in [-0.2, 0) is 4.74 Å². The maximum absolute atomic E-state index is 14.3. The van der Waals surface area contributed by atoms with E-state index in [0.29, 0.717) is 24.1 Å². The van der Waals surface area contributed by atoms with Crippen molar-refractivity contribution in [3.63, 3.8) is 0 Å². The zero-order chi connectivity index (χ0) is 16.5. The van der Waals surface area contributed by atoms with Crippen molar-refractivity contribution in [2.45, 2.75) is 0 Å². The summed E-state index contributed by atoms with van der Waals surface area (Å²) in [5.41, 5.74) is 1.00. The second-order valence-electron chi connectivity index (χ2n) is 5.58. The molecule has 0 saturated carbocycles. The first-order valence-electron chi connectivity index (χ1n) is 7.78. The van der Waals surface area contributed by atoms with Gasteiger partial charge in [-0.05, 0) is 24.3 Å². The molecule has 4 rings (SSSR count). The summed E-state index contributed by atoms with van der Waals surface area (Å²) in [5, 5.41) is 1.24. The van der Waals surface area contributed by atoms with Gasteiger partial charge in [-0.3, -0.25) is 0 Å². The third-order valence-electron chi connectivity index (χ3n) is 4.08. The Balaban J connectivity index is 1.94. The van der Waals surface area contributed by atoms with E-state index in [0.717, 1.165) is 29.8 Å². The van der Waals surface area contributed by atoms with Crippen molar-refractivity contribution in [1.82, 2.24) is 9.97 Å². The highest BCUT2D eigenvalue weighted by Gasteiger charge is 2.20. The van der Waals surface area contributed by atoms with Gasteiger partial charge >= 0.3 is 0 Å². The Bertz CT molecular complexity index is 876. The molecule has 0 aliphatic carbocycles. The Morgan fingerprint density at radius 1 is 1.00 bits per heavy atom. The molecule has 0 N–H and O–H groups in total. The van der Waals surface area contributed by atoms with E-state index in [1.54, 1.807) is 12.1 Å². The van der Waals surface area contributed by atoms with Crippen molar-refractivity contribution in [2.75, 3.05) is 31.2 Å². The average molecular weight is 344 g/mol. The molecule has 1 fully saturated rings. The van der Waals surface area contributed by atoms with Crippen molar-refractivity contribution in [2.24, 2.45) is 0 Å². The summed E-state index contributed by atoms with van der Waals surface area (Å²) in [5.74, 6) is 0.669. The first kappa shape index (κ1) is 15.3. The standard InChI is InChI=1S/C18H15ClFN3O/c19-13-5-3-6-14(20)16(13)17-21-15-7-2-1-4-12(15)18(22-17)23-8-10-24-11-9-23/h1-7H,8-11H2. The van der Waals surface area contributed by atoms with Crippen LogP contribution in [0.25, 0.3) is 22.3 Å². The van der Waals surface area contributed by atoms with Crippen LogP contribution in [0.2, 0.25) is 5.02 Å². The van der Waals surface area contributed by atoms with Gasteiger partial charge in [-0.15, -0.1) is 0 Å². The molecule has 2 aromatic carbocycles. The number of ether oxygens (including phenoxy) is 1. The van der Waals surface area contributed by atoms with Gasteiger partial charge in [-0.1, -0.05) is 29.8 Å². The number of aromatic nitrogens is 2. The number of benzene rings is 2. The molecule has 0 amide bonds. The van der Waals surface area contributed by atoms with Crippen LogP contribution >= 0.6 is 11.6 Å². The largest absolute Gasteiger partial charge is 0.378 e. The second-order valence-corrected chi connectivity index (χ2v) is 5.99. The van der Waals surface area contributed by atoms with Crippen LogP contribution in [-0.4, -0.2) is 36.3 Å². The van der Waals surface area contributed by atoms with Crippen molar-refractivity contribution in [3.8, 4) is 11.4 Å². The lowest BCUT2D eigenvalue weighted by molar-refractivity contribution is 0.122. The number of morpholine rings is 1. The number of hydrogen-bond acceptors (Lipinski definition) is 4. The third kappa shape index (κ3) is 2.70. The van der Waals surface area contributed by atoms with Crippen molar-refractivity contribution >= 4 is 28.3 Å². The molecular formula is C18H15ClFN3O. The lowest BCUT2D eigenvalue weighted by Crippen LogP contribution is -2.37. The Labute approximate surface area is 143 Å². The number of halogens is 2. The number of anilines is 1. The number of para-hydroxylation sites is 1. The van der Waals surface area contributed by atoms with Gasteiger partial charge in [0.1, 0.15) is 11.6 Å². The fourth-order valence-electron chi connectivity index (χ4n) is 2.90. The molecule has 1 aromatic heterocycles. The first-order chi connectivity index (χ1) is 11.7. The second kappa shape index (κ2) is 6.34. The Kier molecular flexibility index (Phi) is 4.04. The minimum atomic E-state index is -0.425. The Hall–Kier alpha value is -2.24. The van der Waals surface area contributed by atoms with E-state index >= 15 is 0 Å². The van der Waals surface area contributed by atoms with E-state index in [-0.39, 0.29) is 5.56 Å². The van der Waals surface area contributed by atoms with Crippen molar-refractivity contribution in [1.29, 1.82) is 0 Å². The van der Waals surface area contributed by atoms with Gasteiger partial charge in [-0.2, -0.15) is 0 Å².